The van der Waals surface area contributed by atoms with E-state index in [1.807, 2.05) is 6.07 Å². The first-order valence-electron chi connectivity index (χ1n) is 5.92. The van der Waals surface area contributed by atoms with E-state index in [4.69, 9.17) is 15.2 Å². The summed E-state index contributed by atoms with van der Waals surface area (Å²) in [6.07, 6.45) is 3.86. The van der Waals surface area contributed by atoms with Gasteiger partial charge < -0.3 is 15.2 Å². The van der Waals surface area contributed by atoms with Gasteiger partial charge >= 0.3 is 0 Å². The SMILES string of the molecule is NC1(c2ccc(C=O)c3c2OCCO3)CCC1. The maximum absolute atomic E-state index is 11.0. The van der Waals surface area contributed by atoms with Gasteiger partial charge in [-0.25, -0.2) is 0 Å². The highest BCUT2D eigenvalue weighted by Crippen LogP contribution is 2.47. The number of carbonyl (C=O) groups excluding carboxylic acids is 1. The minimum atomic E-state index is -0.299. The number of aldehydes is 1. The zero-order chi connectivity index (χ0) is 11.9. The molecule has 4 heteroatoms. The van der Waals surface area contributed by atoms with Gasteiger partial charge in [0.1, 0.15) is 13.2 Å². The van der Waals surface area contributed by atoms with Crippen LogP contribution < -0.4 is 15.2 Å². The van der Waals surface area contributed by atoms with Crippen LogP contribution in [0.25, 0.3) is 0 Å². The summed E-state index contributed by atoms with van der Waals surface area (Å²) in [6, 6.07) is 3.67. The van der Waals surface area contributed by atoms with Crippen LogP contribution in [0.2, 0.25) is 0 Å². The Bertz CT molecular complexity index is 466. The van der Waals surface area contributed by atoms with Crippen LogP contribution in [-0.2, 0) is 5.54 Å². The number of benzene rings is 1. The highest BCUT2D eigenvalue weighted by Gasteiger charge is 2.38. The van der Waals surface area contributed by atoms with Gasteiger partial charge in [-0.05, 0) is 25.3 Å². The molecule has 0 unspecified atom stereocenters. The van der Waals surface area contributed by atoms with E-state index < -0.39 is 0 Å². The molecule has 0 radical (unpaired) electrons. The van der Waals surface area contributed by atoms with Crippen molar-refractivity contribution in [2.45, 2.75) is 24.8 Å². The average Bonchev–Trinajstić information content (AvgIpc) is 2.34. The van der Waals surface area contributed by atoms with Crippen LogP contribution in [0.4, 0.5) is 0 Å². The maximum Gasteiger partial charge on any atom is 0.172 e. The van der Waals surface area contributed by atoms with E-state index in [1.165, 1.54) is 0 Å². The number of fused-ring (bicyclic) bond motifs is 1. The molecule has 1 saturated carbocycles. The summed E-state index contributed by atoms with van der Waals surface area (Å²) in [5.41, 5.74) is 7.53. The van der Waals surface area contributed by atoms with E-state index in [9.17, 15) is 4.79 Å². The Labute approximate surface area is 99.7 Å². The van der Waals surface area contributed by atoms with E-state index in [1.54, 1.807) is 6.07 Å². The van der Waals surface area contributed by atoms with Crippen molar-refractivity contribution in [3.63, 3.8) is 0 Å². The quantitative estimate of drug-likeness (QED) is 0.788. The number of ether oxygens (including phenoxy) is 2. The summed E-state index contributed by atoms with van der Waals surface area (Å²) in [5, 5.41) is 0. The van der Waals surface area contributed by atoms with Crippen molar-refractivity contribution < 1.29 is 14.3 Å². The molecular formula is C13H15NO3. The molecule has 0 spiro atoms. The normalized spacial score (nSPS) is 20.5. The van der Waals surface area contributed by atoms with Crippen LogP contribution in [0.15, 0.2) is 12.1 Å². The molecule has 90 valence electrons. The van der Waals surface area contributed by atoms with Crippen molar-refractivity contribution in [3.05, 3.63) is 23.3 Å². The molecule has 0 amide bonds. The fraction of sp³-hybridized carbons (Fsp3) is 0.462. The van der Waals surface area contributed by atoms with Crippen molar-refractivity contribution in [1.29, 1.82) is 0 Å². The first kappa shape index (κ1) is 10.6. The van der Waals surface area contributed by atoms with Gasteiger partial charge in [-0.15, -0.1) is 0 Å². The number of carbonyl (C=O) groups is 1. The van der Waals surface area contributed by atoms with E-state index in [-0.39, 0.29) is 5.54 Å². The first-order valence-corrected chi connectivity index (χ1v) is 5.92. The second-order valence-corrected chi connectivity index (χ2v) is 4.69. The number of nitrogens with two attached hydrogens (primary N) is 1. The van der Waals surface area contributed by atoms with E-state index in [2.05, 4.69) is 0 Å². The lowest BCUT2D eigenvalue weighted by Crippen LogP contribution is -2.44. The van der Waals surface area contributed by atoms with Crippen LogP contribution in [0.1, 0.15) is 35.2 Å². The third-order valence-corrected chi connectivity index (χ3v) is 3.63. The van der Waals surface area contributed by atoms with E-state index >= 15 is 0 Å². The zero-order valence-electron chi connectivity index (χ0n) is 9.57. The molecule has 1 aliphatic heterocycles. The van der Waals surface area contributed by atoms with Crippen LogP contribution in [0.5, 0.6) is 11.5 Å². The molecule has 1 aromatic rings. The van der Waals surface area contributed by atoms with Crippen molar-refractivity contribution >= 4 is 6.29 Å². The van der Waals surface area contributed by atoms with Gasteiger partial charge in [-0.1, -0.05) is 6.07 Å². The minimum Gasteiger partial charge on any atom is -0.486 e. The lowest BCUT2D eigenvalue weighted by atomic mass is 9.72. The van der Waals surface area contributed by atoms with Gasteiger partial charge in [0.2, 0.25) is 0 Å². The second kappa shape index (κ2) is 3.74. The molecule has 17 heavy (non-hydrogen) atoms. The average molecular weight is 233 g/mol. The molecule has 2 aliphatic rings. The molecule has 2 N–H and O–H groups in total. The Morgan fingerprint density at radius 2 is 1.88 bits per heavy atom. The van der Waals surface area contributed by atoms with Gasteiger partial charge in [0, 0.05) is 11.1 Å². The van der Waals surface area contributed by atoms with Crippen molar-refractivity contribution in [3.8, 4) is 11.5 Å². The Balaban J connectivity index is 2.13. The Kier molecular flexibility index (Phi) is 2.33. The second-order valence-electron chi connectivity index (χ2n) is 4.69. The van der Waals surface area contributed by atoms with Gasteiger partial charge in [-0.2, -0.15) is 0 Å². The van der Waals surface area contributed by atoms with Crippen molar-refractivity contribution in [1.82, 2.24) is 0 Å². The predicted octanol–water partition coefficient (Wildman–Crippen LogP) is 1.61. The predicted molar refractivity (Wildman–Crippen MR) is 62.5 cm³/mol. The Morgan fingerprint density at radius 1 is 1.18 bits per heavy atom. The highest BCUT2D eigenvalue weighted by molar-refractivity contribution is 5.82. The van der Waals surface area contributed by atoms with E-state index in [0.29, 0.717) is 30.3 Å². The summed E-state index contributed by atoms with van der Waals surface area (Å²) in [6.45, 7) is 0.993. The minimum absolute atomic E-state index is 0.299. The zero-order valence-corrected chi connectivity index (χ0v) is 9.57. The summed E-state index contributed by atoms with van der Waals surface area (Å²) >= 11 is 0. The molecule has 0 aromatic heterocycles. The smallest absolute Gasteiger partial charge is 0.172 e. The van der Waals surface area contributed by atoms with Crippen LogP contribution in [0.3, 0.4) is 0 Å². The Hall–Kier alpha value is -1.55. The molecule has 1 aliphatic carbocycles. The maximum atomic E-state index is 11.0. The molecule has 1 heterocycles. The number of hydrogen-bond acceptors (Lipinski definition) is 4. The Morgan fingerprint density at radius 3 is 2.47 bits per heavy atom. The van der Waals surface area contributed by atoms with Gasteiger partial charge in [0.05, 0.1) is 5.56 Å². The summed E-state index contributed by atoms with van der Waals surface area (Å²) in [5.74, 6) is 1.23. The lowest BCUT2D eigenvalue weighted by Gasteiger charge is -2.40. The molecule has 0 bridgehead atoms. The molecule has 1 fully saturated rings. The largest absolute Gasteiger partial charge is 0.486 e. The van der Waals surface area contributed by atoms with E-state index in [0.717, 1.165) is 31.1 Å². The molecular weight excluding hydrogens is 218 g/mol. The molecule has 0 saturated heterocycles. The highest BCUT2D eigenvalue weighted by atomic mass is 16.6. The molecule has 3 rings (SSSR count). The summed E-state index contributed by atoms with van der Waals surface area (Å²) < 4.78 is 11.2. The van der Waals surface area contributed by atoms with Crippen molar-refractivity contribution in [2.75, 3.05) is 13.2 Å². The van der Waals surface area contributed by atoms with Crippen LogP contribution >= 0.6 is 0 Å². The number of rotatable bonds is 2. The molecule has 1 aromatic carbocycles. The fourth-order valence-electron chi connectivity index (χ4n) is 2.47. The molecule has 4 nitrogen and oxygen atoms in total. The standard InChI is InChI=1S/C13H15NO3/c14-13(4-1-5-13)10-3-2-9(8-15)11-12(10)17-7-6-16-11/h2-3,8H,1,4-7,14H2. The summed E-state index contributed by atoms with van der Waals surface area (Å²) in [4.78, 5) is 11.0. The number of hydrogen-bond donors (Lipinski definition) is 1. The third-order valence-electron chi connectivity index (χ3n) is 3.63. The third kappa shape index (κ3) is 1.52. The van der Waals surface area contributed by atoms with Crippen molar-refractivity contribution in [2.24, 2.45) is 5.73 Å². The summed E-state index contributed by atoms with van der Waals surface area (Å²) in [7, 11) is 0. The van der Waals surface area contributed by atoms with Gasteiger partial charge in [0.15, 0.2) is 17.8 Å². The van der Waals surface area contributed by atoms with Gasteiger partial charge in [0.25, 0.3) is 0 Å². The van der Waals surface area contributed by atoms with Gasteiger partial charge in [-0.3, -0.25) is 4.79 Å². The monoisotopic (exact) mass is 233 g/mol. The fourth-order valence-corrected chi connectivity index (χ4v) is 2.47. The molecule has 0 atom stereocenters. The van der Waals surface area contributed by atoms with Crippen LogP contribution in [-0.4, -0.2) is 19.5 Å². The van der Waals surface area contributed by atoms with Crippen LogP contribution in [0, 0.1) is 0 Å². The topological polar surface area (TPSA) is 61.6 Å². The first-order chi connectivity index (χ1) is 8.24. The lowest BCUT2D eigenvalue weighted by molar-refractivity contribution is 0.110.